The second-order valence-electron chi connectivity index (χ2n) is 7.63. The summed E-state index contributed by atoms with van der Waals surface area (Å²) in [5, 5.41) is 12.1. The van der Waals surface area contributed by atoms with Gasteiger partial charge in [-0.15, -0.1) is 0 Å². The van der Waals surface area contributed by atoms with Crippen molar-refractivity contribution in [3.63, 3.8) is 0 Å². The number of pyridine rings is 1. The first-order chi connectivity index (χ1) is 13.1. The van der Waals surface area contributed by atoms with Crippen LogP contribution in [0.2, 0.25) is 0 Å². The van der Waals surface area contributed by atoms with Crippen LogP contribution in [-0.4, -0.2) is 23.0 Å². The van der Waals surface area contributed by atoms with Gasteiger partial charge in [0.25, 0.3) is 5.91 Å². The number of nitrogens with zero attached hydrogens (tertiary/aromatic N) is 2. The average molecular weight is 365 g/mol. The molecule has 1 saturated heterocycles. The molecule has 1 aliphatic heterocycles. The lowest BCUT2D eigenvalue weighted by Gasteiger charge is -2.37. The molecule has 5 unspecified atom stereocenters. The van der Waals surface area contributed by atoms with Gasteiger partial charge in [0.15, 0.2) is 0 Å². The van der Waals surface area contributed by atoms with Crippen molar-refractivity contribution >= 4 is 5.91 Å². The van der Waals surface area contributed by atoms with Crippen LogP contribution in [0.4, 0.5) is 0 Å². The van der Waals surface area contributed by atoms with Gasteiger partial charge in [0.2, 0.25) is 0 Å². The van der Waals surface area contributed by atoms with Gasteiger partial charge in [0.1, 0.15) is 11.8 Å². The molecule has 2 aromatic heterocycles. The van der Waals surface area contributed by atoms with Crippen molar-refractivity contribution in [2.45, 2.75) is 44.8 Å². The second-order valence-corrected chi connectivity index (χ2v) is 7.63. The Morgan fingerprint density at radius 3 is 2.96 bits per heavy atom. The number of nitriles is 1. The van der Waals surface area contributed by atoms with Crippen LogP contribution >= 0.6 is 0 Å². The van der Waals surface area contributed by atoms with Gasteiger partial charge in [-0.3, -0.25) is 10.2 Å². The van der Waals surface area contributed by atoms with Gasteiger partial charge in [-0.1, -0.05) is 6.92 Å². The summed E-state index contributed by atoms with van der Waals surface area (Å²) in [4.78, 5) is 16.9. The van der Waals surface area contributed by atoms with Crippen molar-refractivity contribution < 1.29 is 9.21 Å². The number of fused-ring (bicyclic) bond motifs is 1. The maximum Gasteiger partial charge on any atom is 0.270 e. The maximum absolute atomic E-state index is 12.7. The number of carbonyl (C=O) groups excluding carboxylic acids is 1. The first-order valence-corrected chi connectivity index (χ1v) is 9.27. The number of hydrogen-bond donors (Lipinski definition) is 3. The van der Waals surface area contributed by atoms with E-state index in [0.717, 1.165) is 18.4 Å². The molecule has 0 aromatic carbocycles. The van der Waals surface area contributed by atoms with E-state index in [9.17, 15) is 4.79 Å². The summed E-state index contributed by atoms with van der Waals surface area (Å²) in [5.41, 5.74) is 9.51. The molecule has 0 spiro atoms. The van der Waals surface area contributed by atoms with Gasteiger partial charge in [-0.25, -0.2) is 10.4 Å². The van der Waals surface area contributed by atoms with Gasteiger partial charge in [-0.05, 0) is 49.3 Å². The number of furan rings is 1. The fourth-order valence-corrected chi connectivity index (χ4v) is 4.50. The molecule has 3 N–H and O–H groups in total. The van der Waals surface area contributed by atoms with Crippen molar-refractivity contribution in [3.05, 3.63) is 53.2 Å². The van der Waals surface area contributed by atoms with Crippen LogP contribution in [0.5, 0.6) is 0 Å². The average Bonchev–Trinajstić information content (AvgIpc) is 3.30. The minimum atomic E-state index is -0.175. The van der Waals surface area contributed by atoms with E-state index in [2.05, 4.69) is 28.1 Å². The first-order valence-electron chi connectivity index (χ1n) is 9.27. The van der Waals surface area contributed by atoms with Gasteiger partial charge in [-0.2, -0.15) is 5.26 Å². The van der Waals surface area contributed by atoms with Crippen LogP contribution in [0, 0.1) is 30.1 Å². The summed E-state index contributed by atoms with van der Waals surface area (Å²) in [6.07, 6.45) is 6.70. The Labute approximate surface area is 158 Å². The molecule has 2 aromatic rings. The second kappa shape index (κ2) is 7.14. The third-order valence-electron chi connectivity index (χ3n) is 5.78. The zero-order valence-electron chi connectivity index (χ0n) is 15.4. The molecular formula is C20H23N5O2. The van der Waals surface area contributed by atoms with Crippen molar-refractivity contribution in [1.29, 1.82) is 5.26 Å². The van der Waals surface area contributed by atoms with Gasteiger partial charge in [0, 0.05) is 23.8 Å². The molecule has 2 fully saturated rings. The highest BCUT2D eigenvalue weighted by molar-refractivity contribution is 5.93. The molecule has 1 saturated carbocycles. The van der Waals surface area contributed by atoms with Gasteiger partial charge >= 0.3 is 0 Å². The Hall–Kier alpha value is -2.69. The Morgan fingerprint density at radius 2 is 2.26 bits per heavy atom. The normalized spacial score (nSPS) is 29.7. The summed E-state index contributed by atoms with van der Waals surface area (Å²) in [6, 6.07) is 6.35. The molecular weight excluding hydrogens is 342 g/mol. The Morgan fingerprint density at radius 1 is 1.41 bits per heavy atom. The molecule has 7 nitrogen and oxygen atoms in total. The highest BCUT2D eigenvalue weighted by Gasteiger charge is 2.45. The van der Waals surface area contributed by atoms with Crippen LogP contribution in [0.25, 0.3) is 0 Å². The van der Waals surface area contributed by atoms with Crippen molar-refractivity contribution in [2.24, 2.45) is 11.8 Å². The van der Waals surface area contributed by atoms with E-state index >= 15 is 0 Å². The van der Waals surface area contributed by atoms with Crippen molar-refractivity contribution in [3.8, 4) is 6.07 Å². The number of carbonyl (C=O) groups is 1. The fraction of sp³-hybridized carbons (Fsp3) is 0.450. The van der Waals surface area contributed by atoms with E-state index in [0.29, 0.717) is 34.7 Å². The van der Waals surface area contributed by atoms with Crippen LogP contribution in [0.3, 0.4) is 0 Å². The van der Waals surface area contributed by atoms with Gasteiger partial charge in [0.05, 0.1) is 24.1 Å². The smallest absolute Gasteiger partial charge is 0.270 e. The number of nitrogens with one attached hydrogen (secondary N) is 3. The fourth-order valence-electron chi connectivity index (χ4n) is 4.50. The highest BCUT2D eigenvalue weighted by atomic mass is 16.3. The lowest BCUT2D eigenvalue weighted by molar-refractivity contribution is 0.0892. The van der Waals surface area contributed by atoms with Crippen molar-refractivity contribution in [1.82, 2.24) is 21.2 Å². The quantitative estimate of drug-likeness (QED) is 0.771. The number of rotatable bonds is 3. The zero-order valence-corrected chi connectivity index (χ0v) is 15.4. The van der Waals surface area contributed by atoms with E-state index < -0.39 is 0 Å². The molecule has 0 radical (unpaired) electrons. The van der Waals surface area contributed by atoms with Gasteiger partial charge < -0.3 is 9.73 Å². The number of aromatic nitrogens is 1. The van der Waals surface area contributed by atoms with Crippen molar-refractivity contribution in [2.75, 3.05) is 0 Å². The molecule has 4 rings (SSSR count). The molecule has 140 valence electrons. The summed E-state index contributed by atoms with van der Waals surface area (Å²) < 4.78 is 5.25. The van der Waals surface area contributed by atoms with Crippen LogP contribution in [-0.2, 0) is 0 Å². The molecule has 27 heavy (non-hydrogen) atoms. The lowest BCUT2D eigenvalue weighted by Crippen LogP contribution is -2.48. The topological polar surface area (TPSA) is 103 Å². The summed E-state index contributed by atoms with van der Waals surface area (Å²) in [7, 11) is 0. The molecule has 0 bridgehead atoms. The van der Waals surface area contributed by atoms with Crippen LogP contribution in [0.1, 0.15) is 53.0 Å². The monoisotopic (exact) mass is 365 g/mol. The third kappa shape index (κ3) is 3.34. The maximum atomic E-state index is 12.7. The molecule has 5 atom stereocenters. The summed E-state index contributed by atoms with van der Waals surface area (Å²) in [5.74, 6) is 0.617. The first kappa shape index (κ1) is 17.7. The number of aryl methyl sites for hydroxylation is 1. The number of hydrazine groups is 1. The Kier molecular flexibility index (Phi) is 4.68. The minimum Gasteiger partial charge on any atom is -0.472 e. The predicted octanol–water partition coefficient (Wildman–Crippen LogP) is 2.22. The van der Waals surface area contributed by atoms with E-state index in [1.165, 1.54) is 6.20 Å². The largest absolute Gasteiger partial charge is 0.472 e. The SMILES string of the molecule is Cc1cc(C#N)cnc1C(=O)NC1CC(C)C2NNC(c3ccoc3)C2C1. The van der Waals surface area contributed by atoms with Crippen LogP contribution < -0.4 is 16.2 Å². The van der Waals surface area contributed by atoms with E-state index in [4.69, 9.17) is 9.68 Å². The highest BCUT2D eigenvalue weighted by Crippen LogP contribution is 2.40. The predicted molar refractivity (Wildman–Crippen MR) is 98.3 cm³/mol. The summed E-state index contributed by atoms with van der Waals surface area (Å²) in [6.45, 7) is 4.02. The number of hydrogen-bond acceptors (Lipinski definition) is 6. The minimum absolute atomic E-state index is 0.0849. The molecule has 3 heterocycles. The molecule has 7 heteroatoms. The van der Waals surface area contributed by atoms with E-state index in [1.54, 1.807) is 18.6 Å². The molecule has 1 aliphatic carbocycles. The number of amides is 1. The lowest BCUT2D eigenvalue weighted by atomic mass is 9.72. The third-order valence-corrected chi connectivity index (χ3v) is 5.78. The molecule has 2 aliphatic rings. The zero-order chi connectivity index (χ0) is 19.0. The Balaban J connectivity index is 1.48. The molecule has 1 amide bonds. The Bertz CT molecular complexity index is 873. The summed E-state index contributed by atoms with van der Waals surface area (Å²) >= 11 is 0. The van der Waals surface area contributed by atoms with Crippen LogP contribution in [0.15, 0.2) is 35.3 Å². The standard InChI is InChI=1S/C20H23N5O2/c1-11-5-13(8-21)9-22-18(11)20(26)23-15-6-12(2)17-16(7-15)19(25-24-17)14-3-4-27-10-14/h3-5,9-10,12,15-17,19,24-25H,6-7H2,1-2H3,(H,23,26). The van der Waals surface area contributed by atoms with E-state index in [-0.39, 0.29) is 18.0 Å². The van der Waals surface area contributed by atoms with E-state index in [1.807, 2.05) is 19.1 Å².